The SMILES string of the molecule is C=CC(=O)OC1(O)CC=Cc2sc3ccccc3c(=O)c21. The van der Waals surface area contributed by atoms with Crippen molar-refractivity contribution >= 4 is 33.5 Å². The van der Waals surface area contributed by atoms with E-state index in [9.17, 15) is 14.7 Å². The maximum Gasteiger partial charge on any atom is 0.332 e. The lowest BCUT2D eigenvalue weighted by Crippen LogP contribution is -2.38. The van der Waals surface area contributed by atoms with E-state index in [2.05, 4.69) is 6.58 Å². The van der Waals surface area contributed by atoms with E-state index in [-0.39, 0.29) is 17.4 Å². The fourth-order valence-electron chi connectivity index (χ4n) is 2.38. The van der Waals surface area contributed by atoms with E-state index in [1.807, 2.05) is 12.1 Å². The summed E-state index contributed by atoms with van der Waals surface area (Å²) in [6, 6.07) is 7.15. The van der Waals surface area contributed by atoms with Crippen LogP contribution in [0.2, 0.25) is 0 Å². The molecule has 0 radical (unpaired) electrons. The van der Waals surface area contributed by atoms with Gasteiger partial charge in [-0.3, -0.25) is 4.79 Å². The predicted molar refractivity (Wildman–Crippen MR) is 81.9 cm³/mol. The van der Waals surface area contributed by atoms with E-state index >= 15 is 0 Å². The van der Waals surface area contributed by atoms with Crippen molar-refractivity contribution in [3.8, 4) is 0 Å². The summed E-state index contributed by atoms with van der Waals surface area (Å²) in [7, 11) is 0. The van der Waals surface area contributed by atoms with E-state index in [1.165, 1.54) is 11.3 Å². The number of esters is 1. The molecule has 0 bridgehead atoms. The molecule has 1 aromatic heterocycles. The Morgan fingerprint density at radius 1 is 1.43 bits per heavy atom. The summed E-state index contributed by atoms with van der Waals surface area (Å²) < 4.78 is 5.86. The van der Waals surface area contributed by atoms with Crippen molar-refractivity contribution in [3.05, 3.63) is 63.7 Å². The van der Waals surface area contributed by atoms with Gasteiger partial charge in [-0.1, -0.05) is 24.8 Å². The van der Waals surface area contributed by atoms with E-state index in [1.54, 1.807) is 24.3 Å². The van der Waals surface area contributed by atoms with Crippen LogP contribution in [0.3, 0.4) is 0 Å². The first kappa shape index (κ1) is 13.7. The third-order valence-corrected chi connectivity index (χ3v) is 4.45. The number of fused-ring (bicyclic) bond motifs is 2. The minimum atomic E-state index is -1.94. The molecule has 1 unspecified atom stereocenters. The smallest absolute Gasteiger partial charge is 0.332 e. The summed E-state index contributed by atoms with van der Waals surface area (Å²) >= 11 is 1.38. The van der Waals surface area contributed by atoms with Crippen LogP contribution < -0.4 is 5.43 Å². The standard InChI is InChI=1S/C16H12O4S/c1-2-13(17)20-16(19)9-5-8-12-14(16)15(18)10-6-3-4-7-11(10)21-12/h2-8,19H,1,9H2. The van der Waals surface area contributed by atoms with Crippen LogP contribution in [0.15, 0.2) is 47.8 Å². The van der Waals surface area contributed by atoms with Gasteiger partial charge in [0.2, 0.25) is 5.79 Å². The Labute approximate surface area is 124 Å². The Morgan fingerprint density at radius 2 is 2.19 bits per heavy atom. The Hall–Kier alpha value is -2.24. The number of hydrogen-bond acceptors (Lipinski definition) is 5. The predicted octanol–water partition coefficient (Wildman–Crippen LogP) is 2.55. The fourth-order valence-corrected chi connectivity index (χ4v) is 3.55. The lowest BCUT2D eigenvalue weighted by molar-refractivity contribution is -0.209. The molecule has 0 aliphatic heterocycles. The average molecular weight is 300 g/mol. The largest absolute Gasteiger partial charge is 0.425 e. The summed E-state index contributed by atoms with van der Waals surface area (Å²) in [5.74, 6) is -2.70. The summed E-state index contributed by atoms with van der Waals surface area (Å²) in [6.07, 6.45) is 4.46. The number of carbonyl (C=O) groups excluding carboxylic acids is 1. The zero-order chi connectivity index (χ0) is 15.0. The summed E-state index contributed by atoms with van der Waals surface area (Å²) in [5, 5.41) is 11.1. The highest BCUT2D eigenvalue weighted by Crippen LogP contribution is 2.36. The van der Waals surface area contributed by atoms with Gasteiger partial charge in [0.15, 0.2) is 5.43 Å². The van der Waals surface area contributed by atoms with Crippen LogP contribution >= 0.6 is 11.3 Å². The zero-order valence-electron chi connectivity index (χ0n) is 11.0. The molecule has 0 spiro atoms. The number of ether oxygens (including phenoxy) is 1. The number of benzene rings is 1. The van der Waals surface area contributed by atoms with Crippen LogP contribution in [0.25, 0.3) is 16.2 Å². The van der Waals surface area contributed by atoms with Crippen LogP contribution in [0.1, 0.15) is 16.9 Å². The molecule has 1 aliphatic carbocycles. The van der Waals surface area contributed by atoms with Crippen molar-refractivity contribution in [1.29, 1.82) is 0 Å². The normalized spacial score (nSPS) is 20.0. The van der Waals surface area contributed by atoms with Crippen molar-refractivity contribution in [2.24, 2.45) is 0 Å². The van der Waals surface area contributed by atoms with Crippen molar-refractivity contribution in [2.45, 2.75) is 12.2 Å². The molecular formula is C16H12O4S. The van der Waals surface area contributed by atoms with Crippen molar-refractivity contribution < 1.29 is 14.6 Å². The maximum absolute atomic E-state index is 12.7. The Morgan fingerprint density at radius 3 is 2.95 bits per heavy atom. The first-order chi connectivity index (χ1) is 10.0. The molecule has 1 aromatic carbocycles. The molecule has 106 valence electrons. The Bertz CT molecular complexity index is 834. The van der Waals surface area contributed by atoms with Gasteiger partial charge in [-0.05, 0) is 18.2 Å². The number of carbonyl (C=O) groups is 1. The molecule has 5 heteroatoms. The quantitative estimate of drug-likeness (QED) is 0.526. The molecule has 0 fully saturated rings. The van der Waals surface area contributed by atoms with E-state index in [4.69, 9.17) is 4.74 Å². The Balaban J connectivity index is 2.28. The Kier molecular flexibility index (Phi) is 3.23. The number of aliphatic hydroxyl groups is 1. The lowest BCUT2D eigenvalue weighted by atomic mass is 9.96. The van der Waals surface area contributed by atoms with Crippen LogP contribution in [0.5, 0.6) is 0 Å². The monoisotopic (exact) mass is 300 g/mol. The molecular weight excluding hydrogens is 288 g/mol. The molecule has 1 heterocycles. The molecule has 0 saturated carbocycles. The molecule has 21 heavy (non-hydrogen) atoms. The highest BCUT2D eigenvalue weighted by Gasteiger charge is 2.39. The first-order valence-electron chi connectivity index (χ1n) is 6.36. The minimum Gasteiger partial charge on any atom is -0.425 e. The van der Waals surface area contributed by atoms with Crippen LogP contribution in [-0.2, 0) is 15.3 Å². The van der Waals surface area contributed by atoms with Gasteiger partial charge < -0.3 is 9.84 Å². The minimum absolute atomic E-state index is 0.0415. The maximum atomic E-state index is 12.7. The van der Waals surface area contributed by atoms with Crippen LogP contribution in [-0.4, -0.2) is 11.1 Å². The van der Waals surface area contributed by atoms with Gasteiger partial charge in [0.25, 0.3) is 0 Å². The first-order valence-corrected chi connectivity index (χ1v) is 7.17. The third kappa shape index (κ3) is 2.20. The molecule has 1 N–H and O–H groups in total. The van der Waals surface area contributed by atoms with Crippen LogP contribution in [0, 0.1) is 0 Å². The van der Waals surface area contributed by atoms with Gasteiger partial charge in [0.1, 0.15) is 0 Å². The summed E-state index contributed by atoms with van der Waals surface area (Å²) in [4.78, 5) is 24.7. The van der Waals surface area contributed by atoms with Crippen LogP contribution in [0.4, 0.5) is 0 Å². The van der Waals surface area contributed by atoms with Crippen molar-refractivity contribution in [1.82, 2.24) is 0 Å². The van der Waals surface area contributed by atoms with Gasteiger partial charge in [-0.25, -0.2) is 4.79 Å². The van der Waals surface area contributed by atoms with Gasteiger partial charge in [-0.2, -0.15) is 0 Å². The average Bonchev–Trinajstić information content (AvgIpc) is 2.47. The second kappa shape index (κ2) is 4.95. The highest BCUT2D eigenvalue weighted by atomic mass is 32.1. The topological polar surface area (TPSA) is 63.6 Å². The molecule has 1 aliphatic rings. The molecule has 4 nitrogen and oxygen atoms in total. The number of hydrogen-bond donors (Lipinski definition) is 1. The van der Waals surface area contributed by atoms with E-state index in [0.29, 0.717) is 10.3 Å². The number of rotatable bonds is 2. The summed E-state index contributed by atoms with van der Waals surface area (Å²) in [5.41, 5.74) is -0.202. The zero-order valence-corrected chi connectivity index (χ0v) is 11.9. The fraction of sp³-hybridized carbons (Fsp3) is 0.125. The second-order valence-electron chi connectivity index (χ2n) is 4.68. The van der Waals surface area contributed by atoms with Gasteiger partial charge in [-0.15, -0.1) is 11.3 Å². The summed E-state index contributed by atoms with van der Waals surface area (Å²) in [6.45, 7) is 3.31. The lowest BCUT2D eigenvalue weighted by Gasteiger charge is -2.29. The molecule has 0 saturated heterocycles. The molecule has 0 amide bonds. The second-order valence-corrected chi connectivity index (χ2v) is 5.77. The molecule has 2 aromatic rings. The molecule has 3 rings (SSSR count). The van der Waals surface area contributed by atoms with E-state index in [0.717, 1.165) is 10.8 Å². The van der Waals surface area contributed by atoms with Gasteiger partial charge in [0, 0.05) is 27.5 Å². The third-order valence-electron chi connectivity index (χ3n) is 3.32. The molecule has 1 atom stereocenters. The van der Waals surface area contributed by atoms with Gasteiger partial charge in [0.05, 0.1) is 5.56 Å². The van der Waals surface area contributed by atoms with Crippen molar-refractivity contribution in [2.75, 3.05) is 0 Å². The van der Waals surface area contributed by atoms with Gasteiger partial charge >= 0.3 is 5.97 Å². The highest BCUT2D eigenvalue weighted by molar-refractivity contribution is 7.19. The van der Waals surface area contributed by atoms with E-state index < -0.39 is 11.8 Å². The van der Waals surface area contributed by atoms with Crippen molar-refractivity contribution in [3.63, 3.8) is 0 Å².